The number of nitrogens with zero attached hydrogens (tertiary/aromatic N) is 2. The van der Waals surface area contributed by atoms with Gasteiger partial charge in [-0.1, -0.05) is 0 Å². The molecule has 2 rings (SSSR count). The molecule has 0 radical (unpaired) electrons. The average Bonchev–Trinajstić information content (AvgIpc) is 2.83. The van der Waals surface area contributed by atoms with E-state index in [1.54, 1.807) is 18.5 Å². The summed E-state index contributed by atoms with van der Waals surface area (Å²) in [6, 6.07) is 3.86. The van der Waals surface area contributed by atoms with Crippen molar-refractivity contribution in [2.45, 2.75) is 25.4 Å². The molecule has 1 fully saturated rings. The Hall–Kier alpha value is -1.60. The molecule has 4 heteroatoms. The molecule has 1 saturated heterocycles. The Balaban J connectivity index is 1.82. The smallest absolute Gasteiger partial charge is 0.101 e. The van der Waals surface area contributed by atoms with Gasteiger partial charge in [-0.2, -0.15) is 5.26 Å². The summed E-state index contributed by atoms with van der Waals surface area (Å²) in [6.45, 7) is 1.71. The topological polar surface area (TPSA) is 57.9 Å². The number of anilines is 1. The molecule has 0 aromatic carbocycles. The minimum atomic E-state index is 0.384. The van der Waals surface area contributed by atoms with Crippen LogP contribution in [0.1, 0.15) is 24.8 Å². The number of pyridine rings is 1. The first kappa shape index (κ1) is 10.9. The highest BCUT2D eigenvalue weighted by Crippen LogP contribution is 2.16. The molecule has 0 aliphatic carbocycles. The molecule has 1 aromatic heterocycles. The molecular formula is C12H15N3O. The van der Waals surface area contributed by atoms with Crippen LogP contribution in [0.3, 0.4) is 0 Å². The van der Waals surface area contributed by atoms with Gasteiger partial charge in [0.15, 0.2) is 0 Å². The minimum Gasteiger partial charge on any atom is -0.383 e. The second-order valence-electron chi connectivity index (χ2n) is 3.88. The van der Waals surface area contributed by atoms with Crippen molar-refractivity contribution in [3.05, 3.63) is 24.0 Å². The molecule has 0 amide bonds. The van der Waals surface area contributed by atoms with E-state index in [1.807, 2.05) is 0 Å². The number of hydrogen-bond acceptors (Lipinski definition) is 4. The van der Waals surface area contributed by atoms with Crippen LogP contribution in [0.25, 0.3) is 0 Å². The molecular weight excluding hydrogens is 202 g/mol. The second-order valence-corrected chi connectivity index (χ2v) is 3.88. The number of hydrogen-bond donors (Lipinski definition) is 1. The lowest BCUT2D eigenvalue weighted by Gasteiger charge is -2.11. The highest BCUT2D eigenvalue weighted by atomic mass is 16.5. The number of nitrogens with one attached hydrogen (secondary N) is 1. The summed E-state index contributed by atoms with van der Waals surface area (Å²) in [6.07, 6.45) is 7.01. The molecule has 1 aromatic rings. The first-order valence-corrected chi connectivity index (χ1v) is 5.60. The molecule has 1 atom stereocenters. The Bertz CT molecular complexity index is 380. The quantitative estimate of drug-likeness (QED) is 0.837. The highest BCUT2D eigenvalue weighted by Gasteiger charge is 2.14. The van der Waals surface area contributed by atoms with Crippen molar-refractivity contribution in [3.8, 4) is 6.07 Å². The van der Waals surface area contributed by atoms with Crippen molar-refractivity contribution in [3.63, 3.8) is 0 Å². The maximum Gasteiger partial charge on any atom is 0.101 e. The van der Waals surface area contributed by atoms with E-state index in [0.717, 1.165) is 31.7 Å². The predicted molar refractivity (Wildman–Crippen MR) is 61.0 cm³/mol. The van der Waals surface area contributed by atoms with Crippen LogP contribution in [-0.2, 0) is 4.74 Å². The van der Waals surface area contributed by atoms with E-state index < -0.39 is 0 Å². The zero-order valence-corrected chi connectivity index (χ0v) is 9.15. The van der Waals surface area contributed by atoms with Crippen LogP contribution in [0.5, 0.6) is 0 Å². The van der Waals surface area contributed by atoms with E-state index in [9.17, 15) is 0 Å². The van der Waals surface area contributed by atoms with E-state index >= 15 is 0 Å². The lowest BCUT2D eigenvalue weighted by molar-refractivity contribution is 0.107. The Kier molecular flexibility index (Phi) is 3.73. The van der Waals surface area contributed by atoms with Crippen LogP contribution in [0.2, 0.25) is 0 Å². The lowest BCUT2D eigenvalue weighted by atomic mass is 10.2. The van der Waals surface area contributed by atoms with Gasteiger partial charge in [-0.3, -0.25) is 4.98 Å². The number of nitriles is 1. The van der Waals surface area contributed by atoms with Gasteiger partial charge in [0.2, 0.25) is 0 Å². The molecule has 1 unspecified atom stereocenters. The van der Waals surface area contributed by atoms with E-state index in [2.05, 4.69) is 16.4 Å². The Morgan fingerprint density at radius 3 is 3.31 bits per heavy atom. The van der Waals surface area contributed by atoms with E-state index in [0.29, 0.717) is 11.7 Å². The van der Waals surface area contributed by atoms with Gasteiger partial charge in [-0.05, 0) is 25.3 Å². The van der Waals surface area contributed by atoms with Crippen molar-refractivity contribution in [2.75, 3.05) is 18.5 Å². The maximum absolute atomic E-state index is 8.89. The number of rotatable bonds is 4. The maximum atomic E-state index is 8.89. The van der Waals surface area contributed by atoms with Crippen LogP contribution >= 0.6 is 0 Å². The summed E-state index contributed by atoms with van der Waals surface area (Å²) in [5.41, 5.74) is 1.45. The third kappa shape index (κ3) is 2.71. The van der Waals surface area contributed by atoms with Crippen molar-refractivity contribution in [2.24, 2.45) is 0 Å². The van der Waals surface area contributed by atoms with Gasteiger partial charge in [0.1, 0.15) is 6.07 Å². The van der Waals surface area contributed by atoms with Gasteiger partial charge in [-0.15, -0.1) is 0 Å². The first-order valence-electron chi connectivity index (χ1n) is 5.60. The Morgan fingerprint density at radius 1 is 1.62 bits per heavy atom. The van der Waals surface area contributed by atoms with Gasteiger partial charge in [0.05, 0.1) is 23.6 Å². The minimum absolute atomic E-state index is 0.384. The summed E-state index contributed by atoms with van der Waals surface area (Å²) in [7, 11) is 0. The number of aromatic nitrogens is 1. The largest absolute Gasteiger partial charge is 0.383 e. The Morgan fingerprint density at radius 2 is 2.56 bits per heavy atom. The average molecular weight is 217 g/mol. The molecule has 16 heavy (non-hydrogen) atoms. The highest BCUT2D eigenvalue weighted by molar-refractivity contribution is 5.55. The van der Waals surface area contributed by atoms with E-state index in [-0.39, 0.29) is 0 Å². The van der Waals surface area contributed by atoms with Crippen LogP contribution in [0, 0.1) is 11.3 Å². The van der Waals surface area contributed by atoms with Gasteiger partial charge >= 0.3 is 0 Å². The zero-order valence-electron chi connectivity index (χ0n) is 9.15. The van der Waals surface area contributed by atoms with Crippen molar-refractivity contribution in [1.29, 1.82) is 5.26 Å². The molecule has 0 spiro atoms. The van der Waals surface area contributed by atoms with Crippen LogP contribution < -0.4 is 5.32 Å². The summed E-state index contributed by atoms with van der Waals surface area (Å²) in [4.78, 5) is 4.00. The summed E-state index contributed by atoms with van der Waals surface area (Å²) in [5.74, 6) is 0. The van der Waals surface area contributed by atoms with Crippen LogP contribution in [0.15, 0.2) is 18.5 Å². The summed E-state index contributed by atoms with van der Waals surface area (Å²) in [5, 5.41) is 12.1. The zero-order chi connectivity index (χ0) is 11.2. The van der Waals surface area contributed by atoms with Gasteiger partial charge < -0.3 is 10.1 Å². The van der Waals surface area contributed by atoms with Crippen LogP contribution in [-0.4, -0.2) is 24.2 Å². The molecule has 1 aliphatic rings. The predicted octanol–water partition coefficient (Wildman–Crippen LogP) is 1.93. The lowest BCUT2D eigenvalue weighted by Crippen LogP contribution is -2.13. The molecule has 0 bridgehead atoms. The second kappa shape index (κ2) is 5.47. The monoisotopic (exact) mass is 217 g/mol. The van der Waals surface area contributed by atoms with Gasteiger partial charge in [-0.25, -0.2) is 0 Å². The standard InChI is InChI=1S/C12H15N3O/c13-8-10-3-5-14-9-12(10)15-6-4-11-2-1-7-16-11/h3,5,9,11,15H,1-2,4,6-7H2. The van der Waals surface area contributed by atoms with E-state index in [4.69, 9.17) is 10.00 Å². The Labute approximate surface area is 95.3 Å². The third-order valence-corrected chi connectivity index (χ3v) is 2.75. The van der Waals surface area contributed by atoms with Crippen molar-refractivity contribution in [1.82, 2.24) is 4.98 Å². The molecule has 0 saturated carbocycles. The summed E-state index contributed by atoms with van der Waals surface area (Å²) >= 11 is 0. The van der Waals surface area contributed by atoms with Crippen LogP contribution in [0.4, 0.5) is 5.69 Å². The van der Waals surface area contributed by atoms with Crippen molar-refractivity contribution >= 4 is 5.69 Å². The SMILES string of the molecule is N#Cc1ccncc1NCCC1CCCO1. The normalized spacial score (nSPS) is 19.3. The fraction of sp³-hybridized carbons (Fsp3) is 0.500. The molecule has 4 nitrogen and oxygen atoms in total. The molecule has 1 aliphatic heterocycles. The third-order valence-electron chi connectivity index (χ3n) is 2.75. The van der Waals surface area contributed by atoms with Crippen molar-refractivity contribution < 1.29 is 4.74 Å². The molecule has 84 valence electrons. The fourth-order valence-corrected chi connectivity index (χ4v) is 1.87. The number of ether oxygens (including phenoxy) is 1. The van der Waals surface area contributed by atoms with Gasteiger partial charge in [0, 0.05) is 19.3 Å². The summed E-state index contributed by atoms with van der Waals surface area (Å²) < 4.78 is 5.53. The van der Waals surface area contributed by atoms with E-state index in [1.165, 1.54) is 6.42 Å². The first-order chi connectivity index (χ1) is 7.90. The molecule has 2 heterocycles. The van der Waals surface area contributed by atoms with Gasteiger partial charge in [0.25, 0.3) is 0 Å². The fourth-order valence-electron chi connectivity index (χ4n) is 1.87. The molecule has 1 N–H and O–H groups in total.